The molecule has 1 fully saturated rings. The lowest BCUT2D eigenvalue weighted by Gasteiger charge is -2.36. The average molecular weight is 299 g/mol. The molecule has 1 amide bonds. The summed E-state index contributed by atoms with van der Waals surface area (Å²) in [6.45, 7) is 7.85. The van der Waals surface area contributed by atoms with Gasteiger partial charge >= 0.3 is 0 Å². The number of halogens is 1. The first-order valence-corrected chi connectivity index (χ1v) is 6.77. The molecule has 1 aliphatic rings. The smallest absolute Gasteiger partial charge is 0.279 e. The third-order valence-corrected chi connectivity index (χ3v) is 3.82. The van der Waals surface area contributed by atoms with Crippen LogP contribution in [0.4, 0.5) is 5.69 Å². The van der Waals surface area contributed by atoms with Crippen LogP contribution in [0, 0.1) is 13.8 Å². The molecule has 2 rings (SSSR count). The van der Waals surface area contributed by atoms with E-state index in [1.165, 1.54) is 0 Å². The van der Waals surface area contributed by atoms with Crippen LogP contribution >= 0.6 is 0 Å². The van der Waals surface area contributed by atoms with Crippen LogP contribution in [-0.2, 0) is 9.53 Å². The quantitative estimate of drug-likeness (QED) is 0.706. The molecule has 4 nitrogen and oxygen atoms in total. The van der Waals surface area contributed by atoms with Crippen molar-refractivity contribution in [2.75, 3.05) is 45.2 Å². The van der Waals surface area contributed by atoms with E-state index in [2.05, 4.69) is 12.4 Å². The van der Waals surface area contributed by atoms with Crippen molar-refractivity contribution in [1.29, 1.82) is 0 Å². The molecule has 20 heavy (non-hydrogen) atoms. The van der Waals surface area contributed by atoms with Gasteiger partial charge < -0.3 is 26.9 Å². The zero-order valence-electron chi connectivity index (χ0n) is 12.4. The largest absolute Gasteiger partial charge is 1.00 e. The second kappa shape index (κ2) is 7.07. The van der Waals surface area contributed by atoms with Gasteiger partial charge in [0.1, 0.15) is 13.1 Å². The maximum absolute atomic E-state index is 12.2. The summed E-state index contributed by atoms with van der Waals surface area (Å²) in [7, 11) is 2.12. The van der Waals surface area contributed by atoms with Crippen molar-refractivity contribution in [3.63, 3.8) is 0 Å². The molecule has 0 bridgehead atoms. The molecule has 0 aromatic heterocycles. The van der Waals surface area contributed by atoms with E-state index in [9.17, 15) is 4.79 Å². The lowest BCUT2D eigenvalue weighted by molar-refractivity contribution is -0.909. The normalized spacial score (nSPS) is 17.1. The van der Waals surface area contributed by atoms with Gasteiger partial charge in [-0.3, -0.25) is 4.79 Å². The molecule has 112 valence electrons. The molecular weight excluding hydrogens is 276 g/mol. The number of ether oxygens (including phenoxy) is 1. The van der Waals surface area contributed by atoms with Gasteiger partial charge in [0.05, 0.1) is 20.3 Å². The number of likely N-dealkylation sites (N-methyl/N-ethyl adjacent to an activating group) is 1. The number of aryl methyl sites for hydroxylation is 2. The summed E-state index contributed by atoms with van der Waals surface area (Å²) in [6.07, 6.45) is 0. The molecule has 0 spiro atoms. The average Bonchev–Trinajstić information content (AvgIpc) is 2.34. The number of anilines is 1. The Hall–Kier alpha value is -1.10. The van der Waals surface area contributed by atoms with Gasteiger partial charge in [-0.1, -0.05) is 18.2 Å². The van der Waals surface area contributed by atoms with Crippen LogP contribution in [0.25, 0.3) is 0 Å². The fraction of sp³-hybridized carbons (Fsp3) is 0.533. The first kappa shape index (κ1) is 17.0. The maximum Gasteiger partial charge on any atom is 0.279 e. The number of amides is 1. The Kier molecular flexibility index (Phi) is 5.99. The number of nitrogens with one attached hydrogen (secondary N) is 1. The van der Waals surface area contributed by atoms with Gasteiger partial charge in [-0.15, -0.1) is 0 Å². The van der Waals surface area contributed by atoms with Gasteiger partial charge in [0.25, 0.3) is 5.91 Å². The molecule has 1 heterocycles. The van der Waals surface area contributed by atoms with E-state index in [1.807, 2.05) is 32.0 Å². The fourth-order valence-electron chi connectivity index (χ4n) is 2.48. The highest BCUT2D eigenvalue weighted by Crippen LogP contribution is 2.19. The van der Waals surface area contributed by atoms with Crippen molar-refractivity contribution < 1.29 is 26.4 Å². The van der Waals surface area contributed by atoms with Crippen molar-refractivity contribution >= 4 is 11.6 Å². The molecule has 1 aromatic rings. The van der Waals surface area contributed by atoms with Gasteiger partial charge in [0.15, 0.2) is 6.54 Å². The van der Waals surface area contributed by atoms with Crippen LogP contribution in [0.15, 0.2) is 18.2 Å². The number of hydrogen-bond donors (Lipinski definition) is 1. The molecule has 0 aliphatic carbocycles. The molecule has 1 aliphatic heterocycles. The minimum Gasteiger partial charge on any atom is -1.00 e. The molecule has 1 saturated heterocycles. The number of para-hydroxylation sites is 1. The predicted molar refractivity (Wildman–Crippen MR) is 76.2 cm³/mol. The number of quaternary nitrogens is 1. The minimum atomic E-state index is 0. The van der Waals surface area contributed by atoms with Crippen LogP contribution in [0.2, 0.25) is 0 Å². The summed E-state index contributed by atoms with van der Waals surface area (Å²) < 4.78 is 6.12. The highest BCUT2D eigenvalue weighted by molar-refractivity contribution is 5.93. The lowest BCUT2D eigenvalue weighted by Crippen LogP contribution is -3.00. The van der Waals surface area contributed by atoms with Crippen LogP contribution in [-0.4, -0.2) is 50.3 Å². The van der Waals surface area contributed by atoms with E-state index in [0.717, 1.165) is 47.6 Å². The molecule has 1 N–H and O–H groups in total. The SMILES string of the molecule is Cc1cccc(C)c1NC(=O)C[N+]1(C)CCOCC1.[Cl-]. The zero-order valence-corrected chi connectivity index (χ0v) is 13.2. The number of carbonyl (C=O) groups excluding carboxylic acids is 1. The molecule has 0 atom stereocenters. The van der Waals surface area contributed by atoms with Crippen molar-refractivity contribution in [2.45, 2.75) is 13.8 Å². The van der Waals surface area contributed by atoms with E-state index >= 15 is 0 Å². The number of benzene rings is 1. The van der Waals surface area contributed by atoms with Crippen LogP contribution in [0.1, 0.15) is 11.1 Å². The monoisotopic (exact) mass is 298 g/mol. The molecule has 0 unspecified atom stereocenters. The summed E-state index contributed by atoms with van der Waals surface area (Å²) in [4.78, 5) is 12.2. The summed E-state index contributed by atoms with van der Waals surface area (Å²) in [5.41, 5.74) is 3.17. The van der Waals surface area contributed by atoms with E-state index in [0.29, 0.717) is 6.54 Å². The molecule has 5 heteroatoms. The zero-order chi connectivity index (χ0) is 13.9. The molecule has 0 saturated carbocycles. The lowest BCUT2D eigenvalue weighted by atomic mass is 10.1. The first-order chi connectivity index (χ1) is 9.00. The Labute approximate surface area is 127 Å². The van der Waals surface area contributed by atoms with Gasteiger partial charge in [0, 0.05) is 5.69 Å². The maximum atomic E-state index is 12.2. The van der Waals surface area contributed by atoms with Crippen molar-refractivity contribution in [3.8, 4) is 0 Å². The van der Waals surface area contributed by atoms with Crippen molar-refractivity contribution in [2.24, 2.45) is 0 Å². The standard InChI is InChI=1S/C15H22N2O2.ClH/c1-12-5-4-6-13(2)15(12)16-14(18)11-17(3)7-9-19-10-8-17;/h4-6H,7-11H2,1-3H3;1H. The first-order valence-electron chi connectivity index (χ1n) is 6.77. The topological polar surface area (TPSA) is 38.3 Å². The second-order valence-corrected chi connectivity index (χ2v) is 5.65. The predicted octanol–water partition coefficient (Wildman–Crippen LogP) is -1.28. The van der Waals surface area contributed by atoms with Gasteiger partial charge in [-0.2, -0.15) is 0 Å². The van der Waals surface area contributed by atoms with E-state index in [4.69, 9.17) is 4.74 Å². The van der Waals surface area contributed by atoms with Gasteiger partial charge in [-0.25, -0.2) is 0 Å². The molecular formula is C15H23ClN2O2. The number of hydrogen-bond acceptors (Lipinski definition) is 2. The number of carbonyl (C=O) groups is 1. The Bertz CT molecular complexity index is 451. The summed E-state index contributed by atoms with van der Waals surface area (Å²) >= 11 is 0. The van der Waals surface area contributed by atoms with Crippen molar-refractivity contribution in [1.82, 2.24) is 0 Å². The molecule has 1 aromatic carbocycles. The summed E-state index contributed by atoms with van der Waals surface area (Å²) in [6, 6.07) is 6.05. The Morgan fingerprint density at radius 1 is 1.25 bits per heavy atom. The van der Waals surface area contributed by atoms with E-state index < -0.39 is 0 Å². The van der Waals surface area contributed by atoms with Crippen molar-refractivity contribution in [3.05, 3.63) is 29.3 Å². The van der Waals surface area contributed by atoms with Crippen LogP contribution in [0.5, 0.6) is 0 Å². The number of rotatable bonds is 3. The Morgan fingerprint density at radius 2 is 1.80 bits per heavy atom. The minimum absolute atomic E-state index is 0. The fourth-order valence-corrected chi connectivity index (χ4v) is 2.48. The van der Waals surface area contributed by atoms with Gasteiger partial charge in [0.2, 0.25) is 0 Å². The van der Waals surface area contributed by atoms with Crippen LogP contribution < -0.4 is 17.7 Å². The third kappa shape index (κ3) is 4.20. The number of nitrogens with zero attached hydrogens (tertiary/aromatic N) is 1. The summed E-state index contributed by atoms with van der Waals surface area (Å²) in [5, 5.41) is 3.06. The Balaban J connectivity index is 0.00000200. The highest BCUT2D eigenvalue weighted by atomic mass is 35.5. The Morgan fingerprint density at radius 3 is 2.35 bits per heavy atom. The second-order valence-electron chi connectivity index (χ2n) is 5.65. The van der Waals surface area contributed by atoms with Gasteiger partial charge in [-0.05, 0) is 25.0 Å². The third-order valence-electron chi connectivity index (χ3n) is 3.82. The van der Waals surface area contributed by atoms with E-state index in [-0.39, 0.29) is 18.3 Å². The molecule has 0 radical (unpaired) electrons. The van der Waals surface area contributed by atoms with E-state index in [1.54, 1.807) is 0 Å². The van der Waals surface area contributed by atoms with Crippen LogP contribution in [0.3, 0.4) is 0 Å². The summed E-state index contributed by atoms with van der Waals surface area (Å²) in [5.74, 6) is 0.0850. The highest BCUT2D eigenvalue weighted by Gasteiger charge is 2.28. The number of morpholine rings is 1.